The molecule has 0 unspecified atom stereocenters. The summed E-state index contributed by atoms with van der Waals surface area (Å²) in [5, 5.41) is 13.4. The molecule has 2 aromatic rings. The van der Waals surface area contributed by atoms with Crippen molar-refractivity contribution in [1.82, 2.24) is 14.1 Å². The minimum atomic E-state index is -3.37. The molecule has 1 fully saturated rings. The Morgan fingerprint density at radius 2 is 1.92 bits per heavy atom. The van der Waals surface area contributed by atoms with Crippen molar-refractivity contribution in [3.8, 4) is 0 Å². The maximum Gasteiger partial charge on any atom is 0.354 e. The Bertz CT molecular complexity index is 912. The van der Waals surface area contributed by atoms with E-state index in [2.05, 4.69) is 5.10 Å². The zero-order valence-electron chi connectivity index (χ0n) is 14.9. The second kappa shape index (κ2) is 7.20. The maximum atomic E-state index is 12.7. The molecule has 1 aromatic heterocycles. The molecule has 8 heteroatoms. The quantitative estimate of drug-likeness (QED) is 0.862. The number of carboxylic acids is 1. The fourth-order valence-electron chi connectivity index (χ4n) is 3.38. The molecule has 1 aliphatic rings. The van der Waals surface area contributed by atoms with Crippen molar-refractivity contribution in [1.29, 1.82) is 0 Å². The third kappa shape index (κ3) is 3.81. The molecule has 3 rings (SSSR count). The number of rotatable bonds is 5. The lowest BCUT2D eigenvalue weighted by Crippen LogP contribution is -2.38. The predicted octanol–water partition coefficient (Wildman–Crippen LogP) is 2.14. The van der Waals surface area contributed by atoms with E-state index in [1.807, 2.05) is 31.2 Å². The van der Waals surface area contributed by atoms with Crippen LogP contribution in [0.25, 0.3) is 0 Å². The molecule has 26 heavy (non-hydrogen) atoms. The topological polar surface area (TPSA) is 92.5 Å². The number of sulfonamides is 1. The van der Waals surface area contributed by atoms with Crippen LogP contribution in [-0.4, -0.2) is 46.7 Å². The van der Waals surface area contributed by atoms with E-state index in [0.717, 1.165) is 16.8 Å². The predicted molar refractivity (Wildman–Crippen MR) is 97.5 cm³/mol. The number of aryl methyl sites for hydroxylation is 2. The van der Waals surface area contributed by atoms with Crippen LogP contribution in [0.1, 0.15) is 46.1 Å². The van der Waals surface area contributed by atoms with Gasteiger partial charge in [0.25, 0.3) is 0 Å². The summed E-state index contributed by atoms with van der Waals surface area (Å²) in [5.74, 6) is -0.916. The van der Waals surface area contributed by atoms with Crippen LogP contribution in [0.5, 0.6) is 0 Å². The number of aromatic nitrogens is 2. The SMILES string of the molecule is Cc1ccccc1CS(=O)(=O)N1CCC(c2cc(C(=O)O)n(C)n2)CC1. The molecule has 2 heterocycles. The first-order chi connectivity index (χ1) is 12.3. The molecule has 140 valence electrons. The van der Waals surface area contributed by atoms with Gasteiger partial charge in [-0.3, -0.25) is 4.68 Å². The molecule has 1 aliphatic heterocycles. The maximum absolute atomic E-state index is 12.7. The highest BCUT2D eigenvalue weighted by Crippen LogP contribution is 2.29. The number of carboxylic acid groups (broad SMARTS) is 1. The molecule has 7 nitrogen and oxygen atoms in total. The Balaban J connectivity index is 1.67. The van der Waals surface area contributed by atoms with Crippen molar-refractivity contribution < 1.29 is 18.3 Å². The van der Waals surface area contributed by atoms with E-state index >= 15 is 0 Å². The zero-order valence-corrected chi connectivity index (χ0v) is 15.7. The lowest BCUT2D eigenvalue weighted by molar-refractivity contribution is 0.0685. The molecule has 0 radical (unpaired) electrons. The Morgan fingerprint density at radius 3 is 2.50 bits per heavy atom. The minimum Gasteiger partial charge on any atom is -0.477 e. The smallest absolute Gasteiger partial charge is 0.354 e. The molecule has 0 aliphatic carbocycles. The van der Waals surface area contributed by atoms with Gasteiger partial charge in [0.1, 0.15) is 5.69 Å². The van der Waals surface area contributed by atoms with Gasteiger partial charge in [0, 0.05) is 26.1 Å². The monoisotopic (exact) mass is 377 g/mol. The average Bonchev–Trinajstić information content (AvgIpc) is 2.99. The fourth-order valence-corrected chi connectivity index (χ4v) is 5.05. The summed E-state index contributed by atoms with van der Waals surface area (Å²) in [4.78, 5) is 11.2. The number of benzene rings is 1. The van der Waals surface area contributed by atoms with Crippen molar-refractivity contribution >= 4 is 16.0 Å². The van der Waals surface area contributed by atoms with Crippen molar-refractivity contribution in [3.63, 3.8) is 0 Å². The van der Waals surface area contributed by atoms with Crippen molar-refractivity contribution in [2.75, 3.05) is 13.1 Å². The van der Waals surface area contributed by atoms with Crippen LogP contribution in [-0.2, 0) is 22.8 Å². The van der Waals surface area contributed by atoms with E-state index < -0.39 is 16.0 Å². The highest BCUT2D eigenvalue weighted by molar-refractivity contribution is 7.88. The zero-order chi connectivity index (χ0) is 18.9. The van der Waals surface area contributed by atoms with Gasteiger partial charge < -0.3 is 5.11 Å². The number of carbonyl (C=O) groups is 1. The van der Waals surface area contributed by atoms with Crippen LogP contribution < -0.4 is 0 Å². The summed E-state index contributed by atoms with van der Waals surface area (Å²) in [6, 6.07) is 9.10. The Kier molecular flexibility index (Phi) is 5.15. The van der Waals surface area contributed by atoms with E-state index in [1.54, 1.807) is 13.1 Å². The molecule has 1 aromatic carbocycles. The molecule has 0 bridgehead atoms. The number of aromatic carboxylic acids is 1. The van der Waals surface area contributed by atoms with Gasteiger partial charge in [-0.2, -0.15) is 5.10 Å². The second-order valence-corrected chi connectivity index (χ2v) is 8.71. The normalized spacial score (nSPS) is 16.7. The largest absolute Gasteiger partial charge is 0.477 e. The highest BCUT2D eigenvalue weighted by atomic mass is 32.2. The van der Waals surface area contributed by atoms with Gasteiger partial charge in [-0.1, -0.05) is 24.3 Å². The third-order valence-electron chi connectivity index (χ3n) is 4.98. The van der Waals surface area contributed by atoms with Gasteiger partial charge in [0.15, 0.2) is 0 Å². The molecule has 0 saturated carbocycles. The van der Waals surface area contributed by atoms with Gasteiger partial charge in [0.2, 0.25) is 10.0 Å². The second-order valence-electron chi connectivity index (χ2n) is 6.74. The van der Waals surface area contributed by atoms with Gasteiger partial charge in [0.05, 0.1) is 11.4 Å². The highest BCUT2D eigenvalue weighted by Gasteiger charge is 2.30. The van der Waals surface area contributed by atoms with Crippen LogP contribution >= 0.6 is 0 Å². The van der Waals surface area contributed by atoms with Crippen LogP contribution in [0.2, 0.25) is 0 Å². The Hall–Kier alpha value is -2.19. The molecule has 0 amide bonds. The van der Waals surface area contributed by atoms with E-state index in [-0.39, 0.29) is 17.4 Å². The standard InChI is InChI=1S/C18H23N3O4S/c1-13-5-3-4-6-15(13)12-26(24,25)21-9-7-14(8-10-21)16-11-17(18(22)23)20(2)19-16/h3-6,11,14H,7-10,12H2,1-2H3,(H,22,23). The van der Waals surface area contributed by atoms with Gasteiger partial charge >= 0.3 is 5.97 Å². The summed E-state index contributed by atoms with van der Waals surface area (Å²) in [5.41, 5.74) is 2.67. The number of hydrogen-bond donors (Lipinski definition) is 1. The Labute approximate surface area is 153 Å². The molecule has 1 N–H and O–H groups in total. The fraction of sp³-hybridized carbons (Fsp3) is 0.444. The van der Waals surface area contributed by atoms with E-state index in [9.17, 15) is 13.2 Å². The molecule has 1 saturated heterocycles. The van der Waals surface area contributed by atoms with Crippen LogP contribution in [0.4, 0.5) is 0 Å². The average molecular weight is 377 g/mol. The third-order valence-corrected chi connectivity index (χ3v) is 6.81. The first-order valence-electron chi connectivity index (χ1n) is 8.57. The van der Waals surface area contributed by atoms with Gasteiger partial charge in [-0.05, 0) is 37.0 Å². The van der Waals surface area contributed by atoms with Crippen LogP contribution in [0, 0.1) is 6.92 Å². The lowest BCUT2D eigenvalue weighted by Gasteiger charge is -2.30. The first kappa shape index (κ1) is 18.6. The lowest BCUT2D eigenvalue weighted by atomic mass is 9.94. The molecular weight excluding hydrogens is 354 g/mol. The van der Waals surface area contributed by atoms with Crippen molar-refractivity contribution in [3.05, 3.63) is 52.8 Å². The van der Waals surface area contributed by atoms with Gasteiger partial charge in [-0.25, -0.2) is 17.5 Å². The van der Waals surface area contributed by atoms with Crippen molar-refractivity contribution in [2.45, 2.75) is 31.4 Å². The number of piperidine rings is 1. The van der Waals surface area contributed by atoms with Crippen LogP contribution in [0.15, 0.2) is 30.3 Å². The summed E-state index contributed by atoms with van der Waals surface area (Å²) in [6.45, 7) is 2.77. The van der Waals surface area contributed by atoms with Crippen molar-refractivity contribution in [2.24, 2.45) is 7.05 Å². The summed E-state index contributed by atoms with van der Waals surface area (Å²) in [7, 11) is -1.76. The van der Waals surface area contributed by atoms with E-state index in [0.29, 0.717) is 25.9 Å². The molecule has 0 spiro atoms. The molecular formula is C18H23N3O4S. The summed E-state index contributed by atoms with van der Waals surface area (Å²) >= 11 is 0. The Morgan fingerprint density at radius 1 is 1.27 bits per heavy atom. The van der Waals surface area contributed by atoms with Crippen LogP contribution in [0.3, 0.4) is 0 Å². The number of nitrogens with zero attached hydrogens (tertiary/aromatic N) is 3. The molecule has 0 atom stereocenters. The number of hydrogen-bond acceptors (Lipinski definition) is 4. The first-order valence-corrected chi connectivity index (χ1v) is 10.2. The summed E-state index contributed by atoms with van der Waals surface area (Å²) in [6.07, 6.45) is 1.28. The van der Waals surface area contributed by atoms with E-state index in [4.69, 9.17) is 5.11 Å². The van der Waals surface area contributed by atoms with Gasteiger partial charge in [-0.15, -0.1) is 0 Å². The van der Waals surface area contributed by atoms with E-state index in [1.165, 1.54) is 8.99 Å². The summed E-state index contributed by atoms with van der Waals surface area (Å²) < 4.78 is 28.4. The minimum absolute atomic E-state index is 0.0110.